The standard InChI is InChI=1S/C14H13ClN2O3/c15-11-2-1-7-17-13(11)20-10-5-3-9(4-6-10)8-12(16)14(18)19/h1-7,12H,8,16H2,(H,18,19). The van der Waals surface area contributed by atoms with Gasteiger partial charge in [-0.25, -0.2) is 4.98 Å². The van der Waals surface area contributed by atoms with Crippen LogP contribution in [0.25, 0.3) is 0 Å². The molecule has 2 rings (SSSR count). The number of rotatable bonds is 5. The van der Waals surface area contributed by atoms with Crippen LogP contribution in [0, 0.1) is 0 Å². The Bertz CT molecular complexity index is 602. The predicted molar refractivity (Wildman–Crippen MR) is 75.1 cm³/mol. The van der Waals surface area contributed by atoms with Gasteiger partial charge in [0, 0.05) is 6.20 Å². The van der Waals surface area contributed by atoms with Crippen molar-refractivity contribution in [1.29, 1.82) is 0 Å². The Morgan fingerprint density at radius 2 is 2.05 bits per heavy atom. The molecule has 0 aliphatic heterocycles. The van der Waals surface area contributed by atoms with Crippen LogP contribution in [0.15, 0.2) is 42.6 Å². The summed E-state index contributed by atoms with van der Waals surface area (Å²) in [4.78, 5) is 14.7. The van der Waals surface area contributed by atoms with E-state index in [4.69, 9.17) is 27.2 Å². The van der Waals surface area contributed by atoms with Gasteiger partial charge in [-0.15, -0.1) is 0 Å². The lowest BCUT2D eigenvalue weighted by Crippen LogP contribution is -2.32. The maximum absolute atomic E-state index is 10.7. The van der Waals surface area contributed by atoms with Gasteiger partial charge >= 0.3 is 5.97 Å². The number of carboxylic acid groups (broad SMARTS) is 1. The first-order valence-corrected chi connectivity index (χ1v) is 6.30. The molecule has 0 spiro atoms. The van der Waals surface area contributed by atoms with Crippen LogP contribution in [0.4, 0.5) is 0 Å². The van der Waals surface area contributed by atoms with Crippen molar-refractivity contribution in [2.45, 2.75) is 12.5 Å². The lowest BCUT2D eigenvalue weighted by atomic mass is 10.1. The number of halogens is 1. The third-order valence-corrected chi connectivity index (χ3v) is 2.92. The van der Waals surface area contributed by atoms with E-state index in [9.17, 15) is 4.79 Å². The van der Waals surface area contributed by atoms with Crippen molar-refractivity contribution >= 4 is 17.6 Å². The summed E-state index contributed by atoms with van der Waals surface area (Å²) < 4.78 is 5.53. The van der Waals surface area contributed by atoms with E-state index in [2.05, 4.69) is 4.98 Å². The summed E-state index contributed by atoms with van der Waals surface area (Å²) in [6.07, 6.45) is 1.85. The first-order chi connectivity index (χ1) is 9.56. The molecule has 5 nitrogen and oxygen atoms in total. The Kier molecular flexibility index (Phi) is 4.55. The smallest absolute Gasteiger partial charge is 0.320 e. The normalized spacial score (nSPS) is 11.9. The molecule has 1 heterocycles. The first kappa shape index (κ1) is 14.3. The first-order valence-electron chi connectivity index (χ1n) is 5.92. The lowest BCUT2D eigenvalue weighted by Gasteiger charge is -2.08. The highest BCUT2D eigenvalue weighted by atomic mass is 35.5. The highest BCUT2D eigenvalue weighted by molar-refractivity contribution is 6.31. The number of aliphatic carboxylic acids is 1. The molecule has 0 saturated carbocycles. The second-order valence-corrected chi connectivity index (χ2v) is 4.59. The fourth-order valence-electron chi connectivity index (χ4n) is 1.59. The summed E-state index contributed by atoms with van der Waals surface area (Å²) in [7, 11) is 0. The van der Waals surface area contributed by atoms with E-state index in [0.717, 1.165) is 5.56 Å². The van der Waals surface area contributed by atoms with E-state index in [0.29, 0.717) is 16.7 Å². The molecule has 0 fully saturated rings. The van der Waals surface area contributed by atoms with Crippen LogP contribution in [0.5, 0.6) is 11.6 Å². The molecule has 0 radical (unpaired) electrons. The minimum Gasteiger partial charge on any atom is -0.480 e. The van der Waals surface area contributed by atoms with Gasteiger partial charge in [-0.3, -0.25) is 4.79 Å². The molecule has 1 unspecified atom stereocenters. The zero-order valence-corrected chi connectivity index (χ0v) is 11.2. The molecule has 0 aliphatic carbocycles. The fourth-order valence-corrected chi connectivity index (χ4v) is 1.75. The number of carboxylic acids is 1. The van der Waals surface area contributed by atoms with E-state index in [1.165, 1.54) is 0 Å². The van der Waals surface area contributed by atoms with Gasteiger partial charge in [0.25, 0.3) is 0 Å². The minimum absolute atomic E-state index is 0.264. The van der Waals surface area contributed by atoms with Crippen molar-refractivity contribution in [2.24, 2.45) is 5.73 Å². The number of aromatic nitrogens is 1. The fraction of sp³-hybridized carbons (Fsp3) is 0.143. The molecule has 0 saturated heterocycles. The van der Waals surface area contributed by atoms with Gasteiger partial charge in [0.15, 0.2) is 0 Å². The van der Waals surface area contributed by atoms with E-state index in [1.54, 1.807) is 42.6 Å². The van der Waals surface area contributed by atoms with Crippen molar-refractivity contribution in [2.75, 3.05) is 0 Å². The molecular formula is C14H13ClN2O3. The SMILES string of the molecule is NC(Cc1ccc(Oc2ncccc2Cl)cc1)C(=O)O. The highest BCUT2D eigenvalue weighted by Crippen LogP contribution is 2.26. The van der Waals surface area contributed by atoms with E-state index in [1.807, 2.05) is 0 Å². The summed E-state index contributed by atoms with van der Waals surface area (Å²) in [5.41, 5.74) is 6.29. The Hall–Kier alpha value is -2.11. The third-order valence-electron chi connectivity index (χ3n) is 2.64. The van der Waals surface area contributed by atoms with Crippen molar-refractivity contribution < 1.29 is 14.6 Å². The van der Waals surface area contributed by atoms with Crippen LogP contribution in [0.3, 0.4) is 0 Å². The maximum atomic E-state index is 10.7. The molecular weight excluding hydrogens is 280 g/mol. The number of benzene rings is 1. The quantitative estimate of drug-likeness (QED) is 0.884. The van der Waals surface area contributed by atoms with Gasteiger partial charge in [-0.1, -0.05) is 23.7 Å². The van der Waals surface area contributed by atoms with Crippen LogP contribution in [-0.2, 0) is 11.2 Å². The average molecular weight is 293 g/mol. The number of nitrogens with zero attached hydrogens (tertiary/aromatic N) is 1. The zero-order valence-electron chi connectivity index (χ0n) is 10.5. The summed E-state index contributed by atoms with van der Waals surface area (Å²) in [6, 6.07) is 9.44. The Morgan fingerprint density at radius 1 is 1.35 bits per heavy atom. The van der Waals surface area contributed by atoms with Crippen LogP contribution < -0.4 is 10.5 Å². The third kappa shape index (κ3) is 3.69. The molecule has 0 amide bonds. The Labute approximate surface area is 121 Å². The minimum atomic E-state index is -1.02. The molecule has 1 aromatic carbocycles. The predicted octanol–water partition coefficient (Wildman–Crippen LogP) is 2.48. The second-order valence-electron chi connectivity index (χ2n) is 4.19. The summed E-state index contributed by atoms with van der Waals surface area (Å²) in [5.74, 6) is -0.131. The topological polar surface area (TPSA) is 85.4 Å². The van der Waals surface area contributed by atoms with Crippen molar-refractivity contribution in [3.8, 4) is 11.6 Å². The van der Waals surface area contributed by atoms with Crippen molar-refractivity contribution in [3.05, 3.63) is 53.2 Å². The molecule has 3 N–H and O–H groups in total. The van der Waals surface area contributed by atoms with Gasteiger partial charge in [-0.2, -0.15) is 0 Å². The monoisotopic (exact) mass is 292 g/mol. The number of pyridine rings is 1. The van der Waals surface area contributed by atoms with Crippen LogP contribution >= 0.6 is 11.6 Å². The Balaban J connectivity index is 2.05. The Morgan fingerprint density at radius 3 is 2.65 bits per heavy atom. The van der Waals surface area contributed by atoms with Gasteiger partial charge in [0.1, 0.15) is 16.8 Å². The number of hydrogen-bond acceptors (Lipinski definition) is 4. The van der Waals surface area contributed by atoms with Gasteiger partial charge in [-0.05, 0) is 36.2 Å². The lowest BCUT2D eigenvalue weighted by molar-refractivity contribution is -0.138. The molecule has 0 aliphatic rings. The molecule has 6 heteroatoms. The van der Waals surface area contributed by atoms with Gasteiger partial charge < -0.3 is 15.6 Å². The van der Waals surface area contributed by atoms with Crippen LogP contribution in [-0.4, -0.2) is 22.1 Å². The summed E-state index contributed by atoms with van der Waals surface area (Å²) in [5, 5.41) is 9.17. The summed E-state index contributed by atoms with van der Waals surface area (Å²) in [6.45, 7) is 0. The largest absolute Gasteiger partial charge is 0.480 e. The van der Waals surface area contributed by atoms with Crippen molar-refractivity contribution in [1.82, 2.24) is 4.98 Å². The molecule has 0 bridgehead atoms. The number of ether oxygens (including phenoxy) is 1. The molecule has 104 valence electrons. The number of carbonyl (C=O) groups is 1. The van der Waals surface area contributed by atoms with Crippen molar-refractivity contribution in [3.63, 3.8) is 0 Å². The molecule has 1 atom stereocenters. The zero-order chi connectivity index (χ0) is 14.5. The molecule has 1 aromatic heterocycles. The van der Waals surface area contributed by atoms with E-state index < -0.39 is 12.0 Å². The van der Waals surface area contributed by atoms with E-state index in [-0.39, 0.29) is 6.42 Å². The van der Waals surface area contributed by atoms with Crippen LogP contribution in [0.2, 0.25) is 5.02 Å². The molecule has 2 aromatic rings. The van der Waals surface area contributed by atoms with Gasteiger partial charge in [0.2, 0.25) is 5.88 Å². The van der Waals surface area contributed by atoms with E-state index >= 15 is 0 Å². The maximum Gasteiger partial charge on any atom is 0.320 e. The van der Waals surface area contributed by atoms with Crippen LogP contribution in [0.1, 0.15) is 5.56 Å². The second kappa shape index (κ2) is 6.36. The van der Waals surface area contributed by atoms with Gasteiger partial charge in [0.05, 0.1) is 0 Å². The highest BCUT2D eigenvalue weighted by Gasteiger charge is 2.12. The number of nitrogens with two attached hydrogens (primary N) is 1. The summed E-state index contributed by atoms with van der Waals surface area (Å²) >= 11 is 5.94. The average Bonchev–Trinajstić information content (AvgIpc) is 2.43. The molecule has 20 heavy (non-hydrogen) atoms. The number of hydrogen-bond donors (Lipinski definition) is 2.